The van der Waals surface area contributed by atoms with E-state index in [9.17, 15) is 0 Å². The van der Waals surface area contributed by atoms with Crippen LogP contribution in [0.25, 0.3) is 11.4 Å². The van der Waals surface area contributed by atoms with Gasteiger partial charge in [0.05, 0.1) is 11.3 Å². The van der Waals surface area contributed by atoms with Gasteiger partial charge in [-0.25, -0.2) is 9.67 Å². The number of hydrogen-bond donors (Lipinski definition) is 0. The highest BCUT2D eigenvalue weighted by atomic mass is 15.4. The SMILES string of the molecule is CCc1nc(-c2cn(CC)nc2C)n(CC)n1. The molecule has 0 N–H and O–H groups in total. The molecular weight excluding hydrogens is 214 g/mol. The van der Waals surface area contributed by atoms with Crippen LogP contribution in [0.1, 0.15) is 32.3 Å². The second kappa shape index (κ2) is 4.69. The first-order valence-electron chi connectivity index (χ1n) is 6.17. The van der Waals surface area contributed by atoms with Gasteiger partial charge in [-0.1, -0.05) is 6.92 Å². The van der Waals surface area contributed by atoms with E-state index in [1.807, 2.05) is 22.5 Å². The number of nitrogens with zero attached hydrogens (tertiary/aromatic N) is 5. The molecule has 0 aliphatic carbocycles. The maximum absolute atomic E-state index is 4.58. The molecule has 0 saturated heterocycles. The Morgan fingerprint density at radius 1 is 1.12 bits per heavy atom. The summed E-state index contributed by atoms with van der Waals surface area (Å²) in [6.45, 7) is 9.96. The maximum Gasteiger partial charge on any atom is 0.161 e. The highest BCUT2D eigenvalue weighted by Crippen LogP contribution is 2.21. The first kappa shape index (κ1) is 11.8. The Morgan fingerprint density at radius 3 is 2.41 bits per heavy atom. The van der Waals surface area contributed by atoms with Crippen LogP contribution in [0.15, 0.2) is 6.20 Å². The van der Waals surface area contributed by atoms with Crippen molar-refractivity contribution in [1.82, 2.24) is 24.5 Å². The lowest BCUT2D eigenvalue weighted by molar-refractivity contribution is 0.651. The van der Waals surface area contributed by atoms with Crippen LogP contribution >= 0.6 is 0 Å². The molecule has 0 amide bonds. The molecule has 2 aromatic heterocycles. The van der Waals surface area contributed by atoms with Gasteiger partial charge in [-0.05, 0) is 20.8 Å². The molecule has 2 rings (SSSR count). The Kier molecular flexibility index (Phi) is 3.26. The van der Waals surface area contributed by atoms with E-state index < -0.39 is 0 Å². The topological polar surface area (TPSA) is 48.5 Å². The Hall–Kier alpha value is -1.65. The van der Waals surface area contributed by atoms with Crippen LogP contribution in [0.4, 0.5) is 0 Å². The summed E-state index contributed by atoms with van der Waals surface area (Å²) in [6, 6.07) is 0. The summed E-state index contributed by atoms with van der Waals surface area (Å²) >= 11 is 0. The van der Waals surface area contributed by atoms with Gasteiger partial charge in [-0.15, -0.1) is 0 Å². The van der Waals surface area contributed by atoms with Gasteiger partial charge in [0.25, 0.3) is 0 Å². The zero-order valence-electron chi connectivity index (χ0n) is 10.9. The van der Waals surface area contributed by atoms with Crippen molar-refractivity contribution in [3.63, 3.8) is 0 Å². The molecule has 0 atom stereocenters. The molecule has 0 aliphatic rings. The number of hydrogen-bond acceptors (Lipinski definition) is 3. The van der Waals surface area contributed by atoms with Crippen molar-refractivity contribution in [2.24, 2.45) is 0 Å². The summed E-state index contributed by atoms with van der Waals surface area (Å²) in [6.07, 6.45) is 2.91. The Labute approximate surface area is 101 Å². The fraction of sp³-hybridized carbons (Fsp3) is 0.583. The average Bonchev–Trinajstić information content (AvgIpc) is 2.91. The Balaban J connectivity index is 2.50. The molecule has 2 heterocycles. The maximum atomic E-state index is 4.58. The minimum absolute atomic E-state index is 0.832. The van der Waals surface area contributed by atoms with Crippen molar-refractivity contribution in [2.75, 3.05) is 0 Å². The van der Waals surface area contributed by atoms with E-state index in [1.54, 1.807) is 0 Å². The van der Waals surface area contributed by atoms with Crippen LogP contribution in [0.3, 0.4) is 0 Å². The van der Waals surface area contributed by atoms with Crippen molar-refractivity contribution < 1.29 is 0 Å². The van der Waals surface area contributed by atoms with Gasteiger partial charge in [-0.2, -0.15) is 10.2 Å². The van der Waals surface area contributed by atoms with E-state index in [0.717, 1.165) is 42.4 Å². The third-order valence-corrected chi connectivity index (χ3v) is 2.84. The summed E-state index contributed by atoms with van der Waals surface area (Å²) in [5.74, 6) is 1.83. The molecule has 0 aliphatic heterocycles. The van der Waals surface area contributed by atoms with Crippen LogP contribution in [-0.4, -0.2) is 24.5 Å². The summed E-state index contributed by atoms with van der Waals surface area (Å²) in [4.78, 5) is 4.58. The van der Waals surface area contributed by atoms with Crippen LogP contribution in [0, 0.1) is 6.92 Å². The molecule has 0 aromatic carbocycles. The Morgan fingerprint density at radius 2 is 1.88 bits per heavy atom. The quantitative estimate of drug-likeness (QED) is 0.812. The van der Waals surface area contributed by atoms with Gasteiger partial charge in [0.15, 0.2) is 11.6 Å². The summed E-state index contributed by atoms with van der Waals surface area (Å²) in [5.41, 5.74) is 2.09. The van der Waals surface area contributed by atoms with Gasteiger partial charge in [-0.3, -0.25) is 4.68 Å². The second-order valence-electron chi connectivity index (χ2n) is 4.00. The van der Waals surface area contributed by atoms with Crippen LogP contribution in [0.5, 0.6) is 0 Å². The van der Waals surface area contributed by atoms with Crippen molar-refractivity contribution in [3.8, 4) is 11.4 Å². The van der Waals surface area contributed by atoms with Gasteiger partial charge >= 0.3 is 0 Å². The highest BCUT2D eigenvalue weighted by Gasteiger charge is 2.14. The lowest BCUT2D eigenvalue weighted by atomic mass is 10.2. The molecule has 92 valence electrons. The van der Waals surface area contributed by atoms with Crippen LogP contribution in [0.2, 0.25) is 0 Å². The van der Waals surface area contributed by atoms with Crippen molar-refractivity contribution in [2.45, 2.75) is 47.2 Å². The Bertz CT molecular complexity index is 509. The van der Waals surface area contributed by atoms with Gasteiger partial charge in [0.1, 0.15) is 0 Å². The number of aromatic nitrogens is 5. The second-order valence-corrected chi connectivity index (χ2v) is 4.00. The highest BCUT2D eigenvalue weighted by molar-refractivity contribution is 5.57. The predicted molar refractivity (Wildman–Crippen MR) is 66.7 cm³/mol. The van der Waals surface area contributed by atoms with E-state index in [-0.39, 0.29) is 0 Å². The molecule has 0 radical (unpaired) electrons. The predicted octanol–water partition coefficient (Wildman–Crippen LogP) is 2.05. The first-order valence-corrected chi connectivity index (χ1v) is 6.17. The first-order chi connectivity index (χ1) is 8.19. The van der Waals surface area contributed by atoms with E-state index in [0.29, 0.717) is 0 Å². The average molecular weight is 233 g/mol. The van der Waals surface area contributed by atoms with Crippen LogP contribution < -0.4 is 0 Å². The summed E-state index contributed by atoms with van der Waals surface area (Å²) < 4.78 is 3.88. The van der Waals surface area contributed by atoms with Crippen molar-refractivity contribution in [3.05, 3.63) is 17.7 Å². The molecule has 0 fully saturated rings. The smallest absolute Gasteiger partial charge is 0.161 e. The fourth-order valence-corrected chi connectivity index (χ4v) is 1.86. The molecule has 0 spiro atoms. The molecule has 2 aromatic rings. The molecule has 0 bridgehead atoms. The number of rotatable bonds is 4. The zero-order valence-corrected chi connectivity index (χ0v) is 10.9. The van der Waals surface area contributed by atoms with Crippen molar-refractivity contribution in [1.29, 1.82) is 0 Å². The minimum atomic E-state index is 0.832. The normalized spacial score (nSPS) is 11.1. The summed E-state index contributed by atoms with van der Waals surface area (Å²) in [5, 5.41) is 8.92. The lowest BCUT2D eigenvalue weighted by Gasteiger charge is -2.00. The molecule has 17 heavy (non-hydrogen) atoms. The molecular formula is C12H19N5. The minimum Gasteiger partial charge on any atom is -0.272 e. The third kappa shape index (κ3) is 2.09. The van der Waals surface area contributed by atoms with E-state index in [4.69, 9.17) is 0 Å². The van der Waals surface area contributed by atoms with Crippen molar-refractivity contribution >= 4 is 0 Å². The van der Waals surface area contributed by atoms with Gasteiger partial charge in [0.2, 0.25) is 0 Å². The van der Waals surface area contributed by atoms with E-state index >= 15 is 0 Å². The molecule has 5 heteroatoms. The monoisotopic (exact) mass is 233 g/mol. The largest absolute Gasteiger partial charge is 0.272 e. The lowest BCUT2D eigenvalue weighted by Crippen LogP contribution is -2.00. The zero-order chi connectivity index (χ0) is 12.4. The van der Waals surface area contributed by atoms with E-state index in [1.165, 1.54) is 0 Å². The van der Waals surface area contributed by atoms with Gasteiger partial charge < -0.3 is 0 Å². The molecule has 0 unspecified atom stereocenters. The van der Waals surface area contributed by atoms with Crippen LogP contribution in [-0.2, 0) is 19.5 Å². The van der Waals surface area contributed by atoms with E-state index in [2.05, 4.69) is 36.0 Å². The molecule has 0 saturated carbocycles. The summed E-state index contributed by atoms with van der Waals surface area (Å²) in [7, 11) is 0. The number of aryl methyl sites for hydroxylation is 4. The third-order valence-electron chi connectivity index (χ3n) is 2.84. The standard InChI is InChI=1S/C12H19N5/c1-5-11-13-12(17(7-3)15-11)10-8-16(6-2)14-9(10)4/h8H,5-7H2,1-4H3. The van der Waals surface area contributed by atoms with Gasteiger partial charge in [0, 0.05) is 25.7 Å². The fourth-order valence-electron chi connectivity index (χ4n) is 1.86. The molecule has 5 nitrogen and oxygen atoms in total.